The van der Waals surface area contributed by atoms with Crippen LogP contribution in [0.25, 0.3) is 33.4 Å². The molecule has 0 amide bonds. The Hall–Kier alpha value is -7.42. The molecule has 0 spiro atoms. The quantitative estimate of drug-likeness (QED) is 0.142. The summed E-state index contributed by atoms with van der Waals surface area (Å²) in [7, 11) is 0. The van der Waals surface area contributed by atoms with Gasteiger partial charge in [-0.2, -0.15) is 0 Å². The van der Waals surface area contributed by atoms with E-state index in [1.54, 1.807) is 0 Å². The SMILES string of the molecule is CC1(C)c2ccccc2-c2cc(-c3ccccc3)c(N(c3ccc(-c4ccccc4)cc3)c3cc4ccc3CCc3ccc(c(N(c5ccccc5)c5ccc(C6CCCCC6)cc5)c3)CC4)cc21. The summed E-state index contributed by atoms with van der Waals surface area (Å²) in [5.74, 6) is 0.680. The van der Waals surface area contributed by atoms with Crippen LogP contribution in [-0.2, 0) is 31.1 Å². The minimum absolute atomic E-state index is 0.158. The molecule has 0 atom stereocenters. The minimum atomic E-state index is -0.158. The first-order chi connectivity index (χ1) is 34.0. The van der Waals surface area contributed by atoms with Crippen molar-refractivity contribution in [3.63, 3.8) is 0 Å². The van der Waals surface area contributed by atoms with Crippen LogP contribution in [0.2, 0.25) is 0 Å². The molecule has 0 radical (unpaired) electrons. The number of fused-ring (bicyclic) bond motifs is 3. The molecule has 0 unspecified atom stereocenters. The third-order valence-electron chi connectivity index (χ3n) is 15.6. The Kier molecular flexibility index (Phi) is 11.3. The van der Waals surface area contributed by atoms with E-state index in [1.807, 2.05) is 0 Å². The summed E-state index contributed by atoms with van der Waals surface area (Å²) in [4.78, 5) is 5.12. The van der Waals surface area contributed by atoms with E-state index in [1.165, 1.54) is 133 Å². The van der Waals surface area contributed by atoms with Gasteiger partial charge >= 0.3 is 0 Å². The molecule has 0 N–H and O–H groups in total. The van der Waals surface area contributed by atoms with Crippen molar-refractivity contribution < 1.29 is 0 Å². The summed E-state index contributed by atoms with van der Waals surface area (Å²) < 4.78 is 0. The van der Waals surface area contributed by atoms with Gasteiger partial charge in [-0.25, -0.2) is 0 Å². The Morgan fingerprint density at radius 3 is 1.54 bits per heavy atom. The van der Waals surface area contributed by atoms with E-state index in [2.05, 4.69) is 236 Å². The zero-order chi connectivity index (χ0) is 46.3. The predicted molar refractivity (Wildman–Crippen MR) is 291 cm³/mol. The minimum Gasteiger partial charge on any atom is -0.310 e. The van der Waals surface area contributed by atoms with E-state index in [4.69, 9.17) is 0 Å². The highest BCUT2D eigenvalue weighted by Gasteiger charge is 2.37. The normalized spacial score (nSPS) is 14.9. The van der Waals surface area contributed by atoms with Crippen molar-refractivity contribution in [3.05, 3.63) is 251 Å². The second kappa shape index (κ2) is 18.2. The molecule has 69 heavy (non-hydrogen) atoms. The van der Waals surface area contributed by atoms with E-state index in [0.29, 0.717) is 5.92 Å². The van der Waals surface area contributed by atoms with Crippen LogP contribution in [0.3, 0.4) is 0 Å². The van der Waals surface area contributed by atoms with Gasteiger partial charge in [0, 0.05) is 39.4 Å². The molecule has 15 rings (SSSR count). The van der Waals surface area contributed by atoms with Crippen LogP contribution >= 0.6 is 0 Å². The molecular weight excluding hydrogens is 833 g/mol. The fourth-order valence-electron chi connectivity index (χ4n) is 11.9. The molecule has 0 heterocycles. The van der Waals surface area contributed by atoms with Crippen LogP contribution in [0, 0.1) is 0 Å². The van der Waals surface area contributed by atoms with Crippen molar-refractivity contribution in [1.82, 2.24) is 0 Å². The van der Waals surface area contributed by atoms with E-state index in [9.17, 15) is 0 Å². The number of hydrogen-bond acceptors (Lipinski definition) is 2. The molecule has 338 valence electrons. The van der Waals surface area contributed by atoms with Crippen molar-refractivity contribution in [1.29, 1.82) is 0 Å². The smallest absolute Gasteiger partial charge is 0.0543 e. The first kappa shape index (κ1) is 42.9. The number of anilines is 6. The average molecular weight is 893 g/mol. The van der Waals surface area contributed by atoms with Gasteiger partial charge in [0.05, 0.1) is 5.69 Å². The van der Waals surface area contributed by atoms with E-state index < -0.39 is 0 Å². The van der Waals surface area contributed by atoms with Crippen LogP contribution in [0.15, 0.2) is 212 Å². The Morgan fingerprint density at radius 1 is 0.362 bits per heavy atom. The topological polar surface area (TPSA) is 6.48 Å². The van der Waals surface area contributed by atoms with Gasteiger partial charge in [0.1, 0.15) is 0 Å². The third kappa shape index (κ3) is 8.16. The summed E-state index contributed by atoms with van der Waals surface area (Å²) in [6, 6.07) is 80.4. The van der Waals surface area contributed by atoms with Gasteiger partial charge < -0.3 is 9.80 Å². The Morgan fingerprint density at radius 2 is 0.884 bits per heavy atom. The van der Waals surface area contributed by atoms with Crippen molar-refractivity contribution in [3.8, 4) is 33.4 Å². The summed E-state index contributed by atoms with van der Waals surface area (Å²) in [6.07, 6.45) is 10.3. The predicted octanol–water partition coefficient (Wildman–Crippen LogP) is 18.2. The van der Waals surface area contributed by atoms with Gasteiger partial charge in [-0.15, -0.1) is 0 Å². The maximum absolute atomic E-state index is 2.60. The molecule has 6 aliphatic rings. The standard InChI is InChI=1S/C67H60N2/c1-67(2)62-26-16-15-25-59(62)61-45-60(53-21-11-5-12-22-53)66(46-63(61)67)69(58-41-37-52(38-42-58)50-19-9-4-10-20-50)65-44-48-28-32-54-31-27-47(29-33-55(65)34-30-48)43-64(54)68(56-23-13-6-14-24-56)57-39-35-51(36-40-57)49-17-7-3-8-18-49/h4-6,9-16,19-27,30-31,34-46,49H,3,7-8,17-18,28-29,32-33H2,1-2H3. The van der Waals surface area contributed by atoms with Crippen LogP contribution in [0.5, 0.6) is 0 Å². The summed E-state index contributed by atoms with van der Waals surface area (Å²) >= 11 is 0. The van der Waals surface area contributed by atoms with Crippen molar-refractivity contribution in [2.45, 2.75) is 83.0 Å². The van der Waals surface area contributed by atoms with Crippen LogP contribution in [0.1, 0.15) is 90.8 Å². The van der Waals surface area contributed by atoms with E-state index in [0.717, 1.165) is 31.4 Å². The molecule has 2 heteroatoms. The van der Waals surface area contributed by atoms with Crippen LogP contribution in [-0.4, -0.2) is 0 Å². The number of aryl methyl sites for hydroxylation is 4. The lowest BCUT2D eigenvalue weighted by atomic mass is 9.81. The zero-order valence-electron chi connectivity index (χ0n) is 40.0. The van der Waals surface area contributed by atoms with Gasteiger partial charge in [-0.05, 0) is 172 Å². The molecule has 0 aromatic heterocycles. The molecule has 4 bridgehead atoms. The van der Waals surface area contributed by atoms with Crippen molar-refractivity contribution in [2.75, 3.05) is 9.80 Å². The largest absolute Gasteiger partial charge is 0.310 e. The van der Waals surface area contributed by atoms with Gasteiger partial charge in [0.15, 0.2) is 0 Å². The van der Waals surface area contributed by atoms with Gasteiger partial charge in [0.25, 0.3) is 0 Å². The lowest BCUT2D eigenvalue weighted by Gasteiger charge is -2.33. The molecule has 1 saturated carbocycles. The van der Waals surface area contributed by atoms with Gasteiger partial charge in [-0.1, -0.05) is 185 Å². The van der Waals surface area contributed by atoms with Gasteiger partial charge in [-0.3, -0.25) is 0 Å². The summed E-state index contributed by atoms with van der Waals surface area (Å²) in [5, 5.41) is 0. The van der Waals surface area contributed by atoms with Gasteiger partial charge in [0.2, 0.25) is 0 Å². The number of para-hydroxylation sites is 1. The molecule has 6 aliphatic carbocycles. The molecule has 2 nitrogen and oxygen atoms in total. The second-order valence-electron chi connectivity index (χ2n) is 20.2. The number of hydrogen-bond donors (Lipinski definition) is 0. The lowest BCUT2D eigenvalue weighted by molar-refractivity contribution is 0.443. The average Bonchev–Trinajstić information content (AvgIpc) is 3.63. The number of nitrogens with zero attached hydrogens (tertiary/aromatic N) is 2. The van der Waals surface area contributed by atoms with Crippen LogP contribution in [0.4, 0.5) is 34.1 Å². The highest BCUT2D eigenvalue weighted by atomic mass is 15.2. The fraction of sp³-hybridized carbons (Fsp3) is 0.194. The zero-order valence-corrected chi connectivity index (χ0v) is 40.0. The first-order valence-corrected chi connectivity index (χ1v) is 25.4. The van der Waals surface area contributed by atoms with E-state index >= 15 is 0 Å². The molecular formula is C67H60N2. The molecule has 1 fully saturated rings. The molecule has 0 saturated heterocycles. The fourth-order valence-corrected chi connectivity index (χ4v) is 11.9. The number of benzene rings is 9. The van der Waals surface area contributed by atoms with Crippen molar-refractivity contribution >= 4 is 34.1 Å². The summed E-state index contributed by atoms with van der Waals surface area (Å²) in [6.45, 7) is 4.80. The summed E-state index contributed by atoms with van der Waals surface area (Å²) in [5.41, 5.74) is 24.4. The highest BCUT2D eigenvalue weighted by molar-refractivity contribution is 5.95. The Balaban J connectivity index is 0.986. The molecule has 0 aliphatic heterocycles. The molecule has 9 aromatic rings. The first-order valence-electron chi connectivity index (χ1n) is 25.4. The number of rotatable bonds is 9. The monoisotopic (exact) mass is 892 g/mol. The second-order valence-corrected chi connectivity index (χ2v) is 20.2. The van der Waals surface area contributed by atoms with Crippen LogP contribution < -0.4 is 9.80 Å². The maximum atomic E-state index is 2.60. The maximum Gasteiger partial charge on any atom is 0.0543 e. The highest BCUT2D eigenvalue weighted by Crippen LogP contribution is 2.54. The third-order valence-corrected chi connectivity index (χ3v) is 15.6. The van der Waals surface area contributed by atoms with E-state index in [-0.39, 0.29) is 5.41 Å². The lowest BCUT2D eigenvalue weighted by Crippen LogP contribution is -2.18. The molecule has 9 aromatic carbocycles. The Bertz CT molecular complexity index is 3250. The Labute approximate surface area is 409 Å². The van der Waals surface area contributed by atoms with Crippen molar-refractivity contribution in [2.24, 2.45) is 0 Å².